The predicted octanol–water partition coefficient (Wildman–Crippen LogP) is 3.28. The molecule has 0 heterocycles. The Morgan fingerprint density at radius 1 is 1.08 bits per heavy atom. The van der Waals surface area contributed by atoms with Crippen LogP contribution in [0, 0.1) is 23.0 Å². The molecular weight excluding hydrogens is 316 g/mol. The molecule has 0 aliphatic rings. The second kappa shape index (κ2) is 7.79. The Morgan fingerprint density at radius 3 is 2.42 bits per heavy atom. The van der Waals surface area contributed by atoms with Crippen molar-refractivity contribution in [3.05, 3.63) is 76.9 Å². The van der Waals surface area contributed by atoms with E-state index in [1.165, 1.54) is 6.08 Å². The number of ether oxygens (including phenoxy) is 1. The third-order valence-electron chi connectivity index (χ3n) is 3.04. The van der Waals surface area contributed by atoms with Crippen molar-refractivity contribution in [2.75, 3.05) is 6.61 Å². The van der Waals surface area contributed by atoms with Gasteiger partial charge in [-0.15, -0.1) is 0 Å². The molecule has 120 valence electrons. The zero-order valence-electron chi connectivity index (χ0n) is 12.3. The van der Waals surface area contributed by atoms with Gasteiger partial charge in [0, 0.05) is 11.6 Å². The van der Waals surface area contributed by atoms with Crippen LogP contribution in [0.2, 0.25) is 0 Å². The first kappa shape index (κ1) is 17.0. The van der Waals surface area contributed by atoms with Crippen LogP contribution in [-0.4, -0.2) is 18.4 Å². The number of hydrogen-bond donors (Lipinski definition) is 0. The van der Waals surface area contributed by atoms with E-state index >= 15 is 0 Å². The molecule has 6 heteroatoms. The molecule has 4 nitrogen and oxygen atoms in total. The Bertz CT molecular complexity index is 836. The number of Topliss-reactive ketones (excluding diaryl/α,β-unsaturated/α-hetero) is 1. The summed E-state index contributed by atoms with van der Waals surface area (Å²) in [4.78, 5) is 23.3. The molecule has 2 rings (SSSR count). The number of rotatable bonds is 5. The number of esters is 1. The van der Waals surface area contributed by atoms with Gasteiger partial charge >= 0.3 is 5.97 Å². The highest BCUT2D eigenvalue weighted by Crippen LogP contribution is 2.10. The first-order valence-electron chi connectivity index (χ1n) is 6.83. The van der Waals surface area contributed by atoms with Gasteiger partial charge in [0.05, 0.1) is 11.6 Å². The van der Waals surface area contributed by atoms with Crippen LogP contribution in [0.5, 0.6) is 0 Å². The van der Waals surface area contributed by atoms with Crippen LogP contribution < -0.4 is 0 Å². The minimum atomic E-state index is -1.15. The number of carbonyl (C=O) groups excluding carboxylic acids is 2. The molecule has 0 amide bonds. The number of benzene rings is 2. The van der Waals surface area contributed by atoms with E-state index in [4.69, 9.17) is 10.00 Å². The molecule has 2 aromatic carbocycles. The summed E-state index contributed by atoms with van der Waals surface area (Å²) in [6.07, 6.45) is 2.59. The molecule has 0 atom stereocenters. The monoisotopic (exact) mass is 327 g/mol. The van der Waals surface area contributed by atoms with Crippen molar-refractivity contribution in [1.29, 1.82) is 5.26 Å². The fourth-order valence-corrected chi connectivity index (χ4v) is 1.77. The summed E-state index contributed by atoms with van der Waals surface area (Å²) in [5.41, 5.74) is 1.09. The highest BCUT2D eigenvalue weighted by atomic mass is 19.2. The number of nitriles is 1. The topological polar surface area (TPSA) is 67.2 Å². The molecule has 0 aliphatic heterocycles. The molecule has 0 N–H and O–H groups in total. The maximum atomic E-state index is 13.0. The van der Waals surface area contributed by atoms with Crippen LogP contribution in [-0.2, 0) is 9.53 Å². The molecular formula is C18H11F2NO3. The standard InChI is InChI=1S/C18H11F2NO3/c19-15-7-6-14(9-16(15)20)17(22)11-24-18(23)8-5-12-1-3-13(10-21)4-2-12/h1-9H,11H2/b8-5+. The van der Waals surface area contributed by atoms with Crippen molar-refractivity contribution in [3.63, 3.8) is 0 Å². The Kier molecular flexibility index (Phi) is 5.53. The lowest BCUT2D eigenvalue weighted by atomic mass is 10.1. The van der Waals surface area contributed by atoms with Gasteiger partial charge in [0.2, 0.25) is 0 Å². The molecule has 0 unspecified atom stereocenters. The Hall–Kier alpha value is -3.33. The van der Waals surface area contributed by atoms with Crippen LogP contribution in [0.1, 0.15) is 21.5 Å². The van der Waals surface area contributed by atoms with E-state index in [1.54, 1.807) is 24.3 Å². The average Bonchev–Trinajstić information content (AvgIpc) is 2.60. The van der Waals surface area contributed by atoms with Crippen LogP contribution in [0.4, 0.5) is 8.78 Å². The zero-order chi connectivity index (χ0) is 17.5. The summed E-state index contributed by atoms with van der Waals surface area (Å²) in [6, 6.07) is 11.1. The van der Waals surface area contributed by atoms with Crippen LogP contribution in [0.25, 0.3) is 6.08 Å². The molecule has 0 saturated heterocycles. The van der Waals surface area contributed by atoms with Crippen molar-refractivity contribution in [3.8, 4) is 6.07 Å². The summed E-state index contributed by atoms with van der Waals surface area (Å²) in [5.74, 6) is -3.61. The molecule has 0 aromatic heterocycles. The minimum Gasteiger partial charge on any atom is -0.454 e. The van der Waals surface area contributed by atoms with Gasteiger partial charge in [-0.2, -0.15) is 5.26 Å². The number of hydrogen-bond acceptors (Lipinski definition) is 4. The fourth-order valence-electron chi connectivity index (χ4n) is 1.77. The van der Waals surface area contributed by atoms with E-state index in [0.717, 1.165) is 24.3 Å². The first-order valence-corrected chi connectivity index (χ1v) is 6.83. The first-order chi connectivity index (χ1) is 11.5. The maximum Gasteiger partial charge on any atom is 0.331 e. The van der Waals surface area contributed by atoms with Crippen molar-refractivity contribution >= 4 is 17.8 Å². The third kappa shape index (κ3) is 4.58. The molecule has 2 aromatic rings. The third-order valence-corrected chi connectivity index (χ3v) is 3.04. The normalized spacial score (nSPS) is 10.4. The van der Waals surface area contributed by atoms with Gasteiger partial charge in [0.25, 0.3) is 0 Å². The average molecular weight is 327 g/mol. The van der Waals surface area contributed by atoms with Gasteiger partial charge in [-0.05, 0) is 42.0 Å². The summed E-state index contributed by atoms with van der Waals surface area (Å²) >= 11 is 0. The quantitative estimate of drug-likeness (QED) is 0.480. The van der Waals surface area contributed by atoms with Gasteiger partial charge in [-0.3, -0.25) is 4.79 Å². The van der Waals surface area contributed by atoms with Gasteiger partial charge in [-0.25, -0.2) is 13.6 Å². The highest BCUT2D eigenvalue weighted by Gasteiger charge is 2.11. The van der Waals surface area contributed by atoms with E-state index in [0.29, 0.717) is 11.1 Å². The smallest absolute Gasteiger partial charge is 0.331 e. The largest absolute Gasteiger partial charge is 0.454 e. The number of carbonyl (C=O) groups is 2. The van der Waals surface area contributed by atoms with Gasteiger partial charge < -0.3 is 4.74 Å². The molecule has 0 bridgehead atoms. The molecule has 24 heavy (non-hydrogen) atoms. The lowest BCUT2D eigenvalue weighted by molar-refractivity contribution is -0.136. The van der Waals surface area contributed by atoms with E-state index in [2.05, 4.69) is 0 Å². The highest BCUT2D eigenvalue weighted by molar-refractivity contribution is 5.98. The van der Waals surface area contributed by atoms with Gasteiger partial charge in [-0.1, -0.05) is 12.1 Å². The predicted molar refractivity (Wildman–Crippen MR) is 81.8 cm³/mol. The SMILES string of the molecule is N#Cc1ccc(/C=C/C(=O)OCC(=O)c2ccc(F)c(F)c2)cc1. The summed E-state index contributed by atoms with van der Waals surface area (Å²) in [6.45, 7) is -0.582. The molecule has 0 radical (unpaired) electrons. The zero-order valence-corrected chi connectivity index (χ0v) is 12.3. The van der Waals surface area contributed by atoms with Crippen LogP contribution in [0.3, 0.4) is 0 Å². The number of ketones is 1. The van der Waals surface area contributed by atoms with E-state index in [-0.39, 0.29) is 5.56 Å². The molecule has 0 spiro atoms. The Labute approximate surface area is 136 Å². The van der Waals surface area contributed by atoms with Gasteiger partial charge in [0.1, 0.15) is 0 Å². The summed E-state index contributed by atoms with van der Waals surface area (Å²) in [7, 11) is 0. The minimum absolute atomic E-state index is 0.0854. The lowest BCUT2D eigenvalue weighted by Gasteiger charge is -2.02. The molecule has 0 saturated carbocycles. The maximum absolute atomic E-state index is 13.0. The number of nitrogens with zero attached hydrogens (tertiary/aromatic N) is 1. The van der Waals surface area contributed by atoms with Crippen LogP contribution in [0.15, 0.2) is 48.5 Å². The van der Waals surface area contributed by atoms with Gasteiger partial charge in [0.15, 0.2) is 24.0 Å². The van der Waals surface area contributed by atoms with Crippen molar-refractivity contribution < 1.29 is 23.1 Å². The second-order valence-corrected chi connectivity index (χ2v) is 4.73. The molecule has 0 aliphatic carbocycles. The molecule has 0 fully saturated rings. The Balaban J connectivity index is 1.90. The van der Waals surface area contributed by atoms with Crippen molar-refractivity contribution in [1.82, 2.24) is 0 Å². The van der Waals surface area contributed by atoms with Crippen molar-refractivity contribution in [2.24, 2.45) is 0 Å². The van der Waals surface area contributed by atoms with Crippen LogP contribution >= 0.6 is 0 Å². The van der Waals surface area contributed by atoms with E-state index < -0.39 is 30.0 Å². The lowest BCUT2D eigenvalue weighted by Crippen LogP contribution is -2.13. The van der Waals surface area contributed by atoms with E-state index in [1.807, 2.05) is 6.07 Å². The van der Waals surface area contributed by atoms with E-state index in [9.17, 15) is 18.4 Å². The fraction of sp³-hybridized carbons (Fsp3) is 0.0556. The van der Waals surface area contributed by atoms with Crippen molar-refractivity contribution in [2.45, 2.75) is 0 Å². The summed E-state index contributed by atoms with van der Waals surface area (Å²) in [5, 5.41) is 8.68. The summed E-state index contributed by atoms with van der Waals surface area (Å²) < 4.78 is 30.6. The Morgan fingerprint density at radius 2 is 1.79 bits per heavy atom. The second-order valence-electron chi connectivity index (χ2n) is 4.73. The number of halogens is 2.